The first kappa shape index (κ1) is 22.3. The lowest BCUT2D eigenvalue weighted by atomic mass is 10.2. The predicted octanol–water partition coefficient (Wildman–Crippen LogP) is 3.49. The number of hydrogen-bond acceptors (Lipinski definition) is 6. The van der Waals surface area contributed by atoms with Crippen LogP contribution >= 0.6 is 11.6 Å². The van der Waals surface area contributed by atoms with Gasteiger partial charge < -0.3 is 19.4 Å². The van der Waals surface area contributed by atoms with Crippen molar-refractivity contribution in [1.82, 2.24) is 9.55 Å². The van der Waals surface area contributed by atoms with Gasteiger partial charge in [0.25, 0.3) is 5.91 Å². The summed E-state index contributed by atoms with van der Waals surface area (Å²) in [4.78, 5) is 42.0. The Morgan fingerprint density at radius 2 is 1.97 bits per heavy atom. The summed E-state index contributed by atoms with van der Waals surface area (Å²) in [6.07, 6.45) is 1.41. The van der Waals surface area contributed by atoms with Gasteiger partial charge in [0.2, 0.25) is 5.43 Å². The molecule has 0 unspecified atom stereocenters. The summed E-state index contributed by atoms with van der Waals surface area (Å²) in [5.41, 5.74) is 1.74. The third-order valence-electron chi connectivity index (χ3n) is 4.71. The Morgan fingerprint density at radius 1 is 1.23 bits per heavy atom. The van der Waals surface area contributed by atoms with Crippen molar-refractivity contribution in [3.63, 3.8) is 0 Å². The van der Waals surface area contributed by atoms with Crippen LogP contribution in [0, 0.1) is 13.8 Å². The average Bonchev–Trinajstić information content (AvgIpc) is 2.74. The quantitative estimate of drug-likeness (QED) is 0.585. The monoisotopic (exact) mass is 443 g/mol. The van der Waals surface area contributed by atoms with Crippen LogP contribution < -0.4 is 15.5 Å². The lowest BCUT2D eigenvalue weighted by molar-refractivity contribution is -0.119. The normalized spacial score (nSPS) is 10.7. The third-order valence-corrected chi connectivity index (χ3v) is 5.12. The van der Waals surface area contributed by atoms with Crippen molar-refractivity contribution < 1.29 is 19.1 Å². The number of anilines is 1. The zero-order valence-electron chi connectivity index (χ0n) is 17.6. The van der Waals surface area contributed by atoms with Crippen LogP contribution in [-0.4, -0.2) is 35.1 Å². The number of hydrogen-bond donors (Lipinski definition) is 1. The molecule has 0 aliphatic carbocycles. The zero-order valence-corrected chi connectivity index (χ0v) is 18.4. The van der Waals surface area contributed by atoms with Crippen LogP contribution in [0.25, 0.3) is 11.0 Å². The molecule has 2 heterocycles. The van der Waals surface area contributed by atoms with E-state index in [2.05, 4.69) is 10.3 Å². The second-order valence-corrected chi connectivity index (χ2v) is 7.31. The first-order valence-electron chi connectivity index (χ1n) is 9.57. The van der Waals surface area contributed by atoms with Crippen molar-refractivity contribution in [3.8, 4) is 5.75 Å². The molecule has 0 saturated carbocycles. The molecule has 1 N–H and O–H groups in total. The fourth-order valence-corrected chi connectivity index (χ4v) is 3.22. The van der Waals surface area contributed by atoms with Gasteiger partial charge in [0.05, 0.1) is 18.2 Å². The Labute approximate surface area is 183 Å². The second kappa shape index (κ2) is 9.18. The van der Waals surface area contributed by atoms with Crippen molar-refractivity contribution in [2.24, 2.45) is 0 Å². The highest BCUT2D eigenvalue weighted by molar-refractivity contribution is 6.31. The van der Waals surface area contributed by atoms with Crippen LogP contribution in [0.3, 0.4) is 0 Å². The number of carbonyl (C=O) groups is 2. The van der Waals surface area contributed by atoms with Crippen LogP contribution in [0.5, 0.6) is 5.75 Å². The van der Waals surface area contributed by atoms with E-state index in [0.29, 0.717) is 34.0 Å². The Kier molecular flexibility index (Phi) is 6.60. The van der Waals surface area contributed by atoms with Crippen molar-refractivity contribution in [2.45, 2.75) is 27.3 Å². The molecule has 1 aromatic carbocycles. The molecule has 0 aliphatic rings. The van der Waals surface area contributed by atoms with Gasteiger partial charge in [-0.1, -0.05) is 11.6 Å². The maximum absolute atomic E-state index is 12.8. The number of ether oxygens (including phenoxy) is 2. The largest absolute Gasteiger partial charge is 0.495 e. The van der Waals surface area contributed by atoms with E-state index in [0.717, 1.165) is 11.3 Å². The highest BCUT2D eigenvalue weighted by atomic mass is 35.5. The fraction of sp³-hybridized carbons (Fsp3) is 0.273. The number of fused-ring (bicyclic) bond motifs is 1. The van der Waals surface area contributed by atoms with E-state index in [1.54, 1.807) is 35.8 Å². The summed E-state index contributed by atoms with van der Waals surface area (Å²) in [7, 11) is 1.45. The summed E-state index contributed by atoms with van der Waals surface area (Å²) in [6.45, 7) is 5.41. The smallest absolute Gasteiger partial charge is 0.344 e. The summed E-state index contributed by atoms with van der Waals surface area (Å²) in [5, 5.41) is 3.42. The molecule has 31 heavy (non-hydrogen) atoms. The fourth-order valence-electron chi connectivity index (χ4n) is 3.07. The standard InChI is InChI=1S/C22H22ClN3O5/c1-5-26-10-15(20(28)14-7-6-13(3)24-21(14)26)22(29)31-11-19(27)25-17-8-12(2)16(23)9-18(17)30-4/h6-10H,5,11H2,1-4H3,(H,25,27). The molecule has 0 aliphatic heterocycles. The molecule has 9 heteroatoms. The highest BCUT2D eigenvalue weighted by Crippen LogP contribution is 2.30. The van der Waals surface area contributed by atoms with Crippen molar-refractivity contribution >= 4 is 40.2 Å². The zero-order chi connectivity index (χ0) is 22.7. The number of aryl methyl sites for hydroxylation is 3. The number of nitrogens with zero attached hydrogens (tertiary/aromatic N) is 2. The van der Waals surface area contributed by atoms with Crippen LogP contribution in [-0.2, 0) is 16.1 Å². The van der Waals surface area contributed by atoms with E-state index in [9.17, 15) is 14.4 Å². The molecule has 0 radical (unpaired) electrons. The first-order chi connectivity index (χ1) is 14.7. The number of amides is 1. The topological polar surface area (TPSA) is 99.5 Å². The Bertz CT molecular complexity index is 1240. The maximum Gasteiger partial charge on any atom is 0.344 e. The van der Waals surface area contributed by atoms with Gasteiger partial charge in [0.1, 0.15) is 17.0 Å². The van der Waals surface area contributed by atoms with Crippen LogP contribution in [0.4, 0.5) is 5.69 Å². The summed E-state index contributed by atoms with van der Waals surface area (Å²) in [6, 6.07) is 6.56. The minimum atomic E-state index is -0.885. The number of methoxy groups -OCH3 is 1. The number of pyridine rings is 2. The predicted molar refractivity (Wildman–Crippen MR) is 118 cm³/mol. The summed E-state index contributed by atoms with van der Waals surface area (Å²) in [5.74, 6) is -1.09. The highest BCUT2D eigenvalue weighted by Gasteiger charge is 2.19. The van der Waals surface area contributed by atoms with Gasteiger partial charge in [-0.05, 0) is 44.5 Å². The van der Waals surface area contributed by atoms with E-state index in [1.807, 2.05) is 13.8 Å². The van der Waals surface area contributed by atoms with E-state index >= 15 is 0 Å². The van der Waals surface area contributed by atoms with Gasteiger partial charge in [-0.3, -0.25) is 9.59 Å². The molecule has 162 valence electrons. The number of esters is 1. The van der Waals surface area contributed by atoms with E-state index in [-0.39, 0.29) is 5.56 Å². The summed E-state index contributed by atoms with van der Waals surface area (Å²) >= 11 is 6.06. The van der Waals surface area contributed by atoms with Gasteiger partial charge in [-0.25, -0.2) is 9.78 Å². The molecule has 0 fully saturated rings. The molecule has 0 saturated heterocycles. The minimum absolute atomic E-state index is 0.160. The number of halogens is 1. The van der Waals surface area contributed by atoms with E-state index in [1.165, 1.54) is 13.3 Å². The Hall–Kier alpha value is -3.39. The Morgan fingerprint density at radius 3 is 2.65 bits per heavy atom. The van der Waals surface area contributed by atoms with Gasteiger partial charge in [0, 0.05) is 29.5 Å². The molecule has 0 spiro atoms. The molecule has 8 nitrogen and oxygen atoms in total. The van der Waals surface area contributed by atoms with Gasteiger partial charge >= 0.3 is 5.97 Å². The van der Waals surface area contributed by atoms with E-state index in [4.69, 9.17) is 21.1 Å². The lowest BCUT2D eigenvalue weighted by Crippen LogP contribution is -2.25. The maximum atomic E-state index is 12.8. The number of nitrogens with one attached hydrogen (secondary N) is 1. The molecular formula is C22H22ClN3O5. The molecule has 3 rings (SSSR count). The second-order valence-electron chi connectivity index (χ2n) is 6.91. The van der Waals surface area contributed by atoms with Crippen molar-refractivity contribution in [2.75, 3.05) is 19.0 Å². The number of carbonyl (C=O) groups excluding carboxylic acids is 2. The average molecular weight is 444 g/mol. The van der Waals surface area contributed by atoms with Gasteiger partial charge in [0.15, 0.2) is 6.61 Å². The number of benzene rings is 1. The molecule has 3 aromatic rings. The molecule has 1 amide bonds. The first-order valence-corrected chi connectivity index (χ1v) is 9.94. The number of rotatable bonds is 6. The van der Waals surface area contributed by atoms with Crippen molar-refractivity contribution in [1.29, 1.82) is 0 Å². The SMILES string of the molecule is CCn1cc(C(=O)OCC(=O)Nc2cc(C)c(Cl)cc2OC)c(=O)c2ccc(C)nc21. The molecule has 0 atom stereocenters. The molecular weight excluding hydrogens is 422 g/mol. The van der Waals surface area contributed by atoms with E-state index < -0.39 is 23.9 Å². The van der Waals surface area contributed by atoms with Crippen LogP contribution in [0.15, 0.2) is 35.3 Å². The number of aromatic nitrogens is 2. The van der Waals surface area contributed by atoms with Gasteiger partial charge in [-0.2, -0.15) is 0 Å². The summed E-state index contributed by atoms with van der Waals surface area (Å²) < 4.78 is 12.0. The van der Waals surface area contributed by atoms with Gasteiger partial charge in [-0.15, -0.1) is 0 Å². The van der Waals surface area contributed by atoms with Crippen LogP contribution in [0.2, 0.25) is 5.02 Å². The molecule has 2 aromatic heterocycles. The Balaban J connectivity index is 1.78. The van der Waals surface area contributed by atoms with Crippen LogP contribution in [0.1, 0.15) is 28.5 Å². The van der Waals surface area contributed by atoms with Crippen molar-refractivity contribution in [3.05, 3.63) is 62.5 Å². The molecule has 0 bridgehead atoms. The lowest BCUT2D eigenvalue weighted by Gasteiger charge is -2.13. The third kappa shape index (κ3) is 4.69. The minimum Gasteiger partial charge on any atom is -0.495 e.